The third-order valence-electron chi connectivity index (χ3n) is 4.36. The van der Waals surface area contributed by atoms with Gasteiger partial charge in [0.25, 0.3) is 0 Å². The van der Waals surface area contributed by atoms with Crippen molar-refractivity contribution in [2.45, 2.75) is 39.1 Å². The van der Waals surface area contributed by atoms with E-state index in [9.17, 15) is 22.8 Å². The molecule has 1 saturated heterocycles. The van der Waals surface area contributed by atoms with E-state index < -0.39 is 12.4 Å². The molecule has 6 nitrogen and oxygen atoms in total. The zero-order valence-corrected chi connectivity index (χ0v) is 15.2. The van der Waals surface area contributed by atoms with Crippen LogP contribution in [0.4, 0.5) is 18.9 Å². The Hall–Kier alpha value is -2.29. The lowest BCUT2D eigenvalue weighted by Gasteiger charge is -2.35. The van der Waals surface area contributed by atoms with E-state index in [1.165, 1.54) is 12.1 Å². The zero-order chi connectivity index (χ0) is 20.0. The first-order valence-corrected chi connectivity index (χ1v) is 8.77. The van der Waals surface area contributed by atoms with Crippen LogP contribution in [-0.2, 0) is 14.3 Å². The van der Waals surface area contributed by atoms with E-state index in [2.05, 4.69) is 10.1 Å². The molecule has 1 fully saturated rings. The van der Waals surface area contributed by atoms with E-state index in [0.29, 0.717) is 25.4 Å². The van der Waals surface area contributed by atoms with Crippen LogP contribution in [0.5, 0.6) is 5.75 Å². The minimum Gasteiger partial charge on any atom is -0.466 e. The zero-order valence-electron chi connectivity index (χ0n) is 15.2. The van der Waals surface area contributed by atoms with Crippen molar-refractivity contribution in [2.24, 2.45) is 5.92 Å². The molecular weight excluding hydrogens is 365 g/mol. The SMILES string of the molecule is CCOC(=O)[C@@H]1CCCN([C@@H](C)C(=O)Nc2ccc(OC(F)(F)F)cc2)C1. The van der Waals surface area contributed by atoms with Gasteiger partial charge in [0.2, 0.25) is 5.91 Å². The molecule has 2 rings (SSSR count). The molecule has 1 amide bonds. The highest BCUT2D eigenvalue weighted by Crippen LogP contribution is 2.24. The lowest BCUT2D eigenvalue weighted by molar-refractivity contribution is -0.274. The minimum absolute atomic E-state index is 0.255. The molecule has 0 spiro atoms. The van der Waals surface area contributed by atoms with Gasteiger partial charge in [-0.25, -0.2) is 0 Å². The van der Waals surface area contributed by atoms with Gasteiger partial charge >= 0.3 is 12.3 Å². The summed E-state index contributed by atoms with van der Waals surface area (Å²) in [6.45, 7) is 4.91. The first-order chi connectivity index (χ1) is 12.7. The van der Waals surface area contributed by atoms with Crippen LogP contribution < -0.4 is 10.1 Å². The molecule has 1 aliphatic rings. The number of carbonyl (C=O) groups excluding carboxylic acids is 2. The van der Waals surface area contributed by atoms with Gasteiger partial charge in [-0.2, -0.15) is 0 Å². The van der Waals surface area contributed by atoms with Crippen LogP contribution in [0.15, 0.2) is 24.3 Å². The predicted octanol–water partition coefficient (Wildman–Crippen LogP) is 3.19. The number of nitrogens with one attached hydrogen (secondary N) is 1. The standard InChI is InChI=1S/C18H23F3N2O4/c1-3-26-17(25)13-5-4-10-23(11-13)12(2)16(24)22-14-6-8-15(9-7-14)27-18(19,20)21/h6-9,12-13H,3-5,10-11H2,1-2H3,(H,22,24)/t12-,13+/m0/s1. The summed E-state index contributed by atoms with van der Waals surface area (Å²) >= 11 is 0. The second-order valence-corrected chi connectivity index (χ2v) is 6.32. The number of esters is 1. The number of rotatable bonds is 6. The van der Waals surface area contributed by atoms with Crippen LogP contribution in [0.25, 0.3) is 0 Å². The van der Waals surface area contributed by atoms with Crippen molar-refractivity contribution in [1.82, 2.24) is 4.90 Å². The van der Waals surface area contributed by atoms with Gasteiger partial charge in [0.1, 0.15) is 5.75 Å². The van der Waals surface area contributed by atoms with E-state index in [-0.39, 0.29) is 23.5 Å². The number of anilines is 1. The molecule has 0 saturated carbocycles. The number of amides is 1. The van der Waals surface area contributed by atoms with Crippen molar-refractivity contribution in [3.63, 3.8) is 0 Å². The van der Waals surface area contributed by atoms with Crippen LogP contribution in [0, 0.1) is 5.92 Å². The van der Waals surface area contributed by atoms with Gasteiger partial charge in [-0.1, -0.05) is 0 Å². The minimum atomic E-state index is -4.76. The number of hydrogen-bond acceptors (Lipinski definition) is 5. The summed E-state index contributed by atoms with van der Waals surface area (Å²) in [6.07, 6.45) is -3.25. The summed E-state index contributed by atoms with van der Waals surface area (Å²) in [7, 11) is 0. The van der Waals surface area contributed by atoms with Gasteiger partial charge in [-0.05, 0) is 57.5 Å². The largest absolute Gasteiger partial charge is 0.573 e. The first kappa shape index (κ1) is 21.0. The fourth-order valence-electron chi connectivity index (χ4n) is 2.96. The summed E-state index contributed by atoms with van der Waals surface area (Å²) in [6, 6.07) is 4.44. The van der Waals surface area contributed by atoms with Crippen molar-refractivity contribution in [3.8, 4) is 5.75 Å². The summed E-state index contributed by atoms with van der Waals surface area (Å²) in [5, 5.41) is 2.66. The number of alkyl halides is 3. The highest BCUT2D eigenvalue weighted by molar-refractivity contribution is 5.94. The van der Waals surface area contributed by atoms with Crippen LogP contribution in [-0.4, -0.2) is 48.9 Å². The van der Waals surface area contributed by atoms with E-state index in [1.54, 1.807) is 13.8 Å². The molecular formula is C18H23F3N2O4. The third kappa shape index (κ3) is 6.42. The average Bonchev–Trinajstić information content (AvgIpc) is 2.62. The Kier molecular flexibility index (Phi) is 7.06. The van der Waals surface area contributed by atoms with Crippen molar-refractivity contribution in [3.05, 3.63) is 24.3 Å². The van der Waals surface area contributed by atoms with Crippen molar-refractivity contribution in [1.29, 1.82) is 0 Å². The third-order valence-corrected chi connectivity index (χ3v) is 4.36. The summed E-state index contributed by atoms with van der Waals surface area (Å²) < 4.78 is 45.4. The Morgan fingerprint density at radius 3 is 2.56 bits per heavy atom. The van der Waals surface area contributed by atoms with Gasteiger partial charge < -0.3 is 14.8 Å². The Balaban J connectivity index is 1.92. The maximum absolute atomic E-state index is 12.4. The molecule has 0 aliphatic carbocycles. The molecule has 150 valence electrons. The molecule has 1 aromatic rings. The number of hydrogen-bond donors (Lipinski definition) is 1. The van der Waals surface area contributed by atoms with Crippen LogP contribution in [0.3, 0.4) is 0 Å². The van der Waals surface area contributed by atoms with Crippen LogP contribution in [0.2, 0.25) is 0 Å². The number of likely N-dealkylation sites (tertiary alicyclic amines) is 1. The van der Waals surface area contributed by atoms with Gasteiger partial charge in [0.05, 0.1) is 18.6 Å². The molecule has 0 bridgehead atoms. The molecule has 2 atom stereocenters. The smallest absolute Gasteiger partial charge is 0.466 e. The monoisotopic (exact) mass is 388 g/mol. The molecule has 0 radical (unpaired) electrons. The number of piperidine rings is 1. The highest BCUT2D eigenvalue weighted by atomic mass is 19.4. The summed E-state index contributed by atoms with van der Waals surface area (Å²) in [5.74, 6) is -1.17. The molecule has 1 aliphatic heterocycles. The number of ether oxygens (including phenoxy) is 2. The number of nitrogens with zero attached hydrogens (tertiary/aromatic N) is 1. The summed E-state index contributed by atoms with van der Waals surface area (Å²) in [5.41, 5.74) is 0.361. The normalized spacial score (nSPS) is 19.2. The van der Waals surface area contributed by atoms with E-state index in [1.807, 2.05) is 4.90 Å². The van der Waals surface area contributed by atoms with E-state index in [0.717, 1.165) is 25.0 Å². The van der Waals surface area contributed by atoms with Gasteiger partial charge in [-0.15, -0.1) is 13.2 Å². The van der Waals surface area contributed by atoms with Crippen molar-refractivity contribution >= 4 is 17.6 Å². The topological polar surface area (TPSA) is 67.9 Å². The van der Waals surface area contributed by atoms with E-state index >= 15 is 0 Å². The summed E-state index contributed by atoms with van der Waals surface area (Å²) in [4.78, 5) is 26.3. The molecule has 1 heterocycles. The Morgan fingerprint density at radius 1 is 1.30 bits per heavy atom. The molecule has 1 N–H and O–H groups in total. The second kappa shape index (κ2) is 9.07. The molecule has 0 unspecified atom stereocenters. The molecule has 27 heavy (non-hydrogen) atoms. The number of carbonyl (C=O) groups is 2. The highest BCUT2D eigenvalue weighted by Gasteiger charge is 2.32. The quantitative estimate of drug-likeness (QED) is 0.758. The predicted molar refractivity (Wildman–Crippen MR) is 92.1 cm³/mol. The Morgan fingerprint density at radius 2 is 1.96 bits per heavy atom. The van der Waals surface area contributed by atoms with Crippen LogP contribution >= 0.6 is 0 Å². The molecule has 0 aromatic heterocycles. The number of benzene rings is 1. The molecule has 9 heteroatoms. The maximum atomic E-state index is 12.4. The van der Waals surface area contributed by atoms with Crippen molar-refractivity contribution < 1.29 is 32.2 Å². The molecule has 1 aromatic carbocycles. The lowest BCUT2D eigenvalue weighted by atomic mass is 9.97. The van der Waals surface area contributed by atoms with Crippen LogP contribution in [0.1, 0.15) is 26.7 Å². The average molecular weight is 388 g/mol. The lowest BCUT2D eigenvalue weighted by Crippen LogP contribution is -2.48. The van der Waals surface area contributed by atoms with Gasteiger partial charge in [-0.3, -0.25) is 14.5 Å². The Labute approximate surface area is 155 Å². The number of halogens is 3. The van der Waals surface area contributed by atoms with E-state index in [4.69, 9.17) is 4.74 Å². The van der Waals surface area contributed by atoms with Gasteiger partial charge in [0, 0.05) is 12.2 Å². The first-order valence-electron chi connectivity index (χ1n) is 8.77. The van der Waals surface area contributed by atoms with Crippen molar-refractivity contribution in [2.75, 3.05) is 25.0 Å². The Bertz CT molecular complexity index is 649. The fraction of sp³-hybridized carbons (Fsp3) is 0.556. The van der Waals surface area contributed by atoms with Gasteiger partial charge in [0.15, 0.2) is 0 Å². The second-order valence-electron chi connectivity index (χ2n) is 6.32. The maximum Gasteiger partial charge on any atom is 0.573 e. The fourth-order valence-corrected chi connectivity index (χ4v) is 2.96.